The fraction of sp³-hybridized carbons (Fsp3) is 0.727. The minimum Gasteiger partial charge on any atom is -0.395 e. The molecule has 4 N–H and O–H groups in total. The van der Waals surface area contributed by atoms with E-state index in [-0.39, 0.29) is 26.7 Å². The summed E-state index contributed by atoms with van der Waals surface area (Å²) in [5.74, 6) is 0.980. The third kappa shape index (κ3) is 6.04. The van der Waals surface area contributed by atoms with Crippen molar-refractivity contribution in [2.24, 2.45) is 0 Å². The Morgan fingerprint density at radius 3 is 1.76 bits per heavy atom. The van der Waals surface area contributed by atoms with Crippen LogP contribution in [-0.2, 0) is 9.47 Å². The van der Waals surface area contributed by atoms with Crippen molar-refractivity contribution in [1.29, 1.82) is 0 Å². The quantitative estimate of drug-likeness (QED) is 0.366. The Hall–Kier alpha value is -1.75. The number of nitrogens with one attached hydrogen (secondary N) is 2. The molecule has 0 saturated carbocycles. The van der Waals surface area contributed by atoms with Crippen molar-refractivity contribution in [3.63, 3.8) is 0 Å². The van der Waals surface area contributed by atoms with Gasteiger partial charge in [0.05, 0.1) is 13.2 Å². The largest absolute Gasteiger partial charge is 0.395 e. The molecule has 0 aliphatic heterocycles. The molecule has 0 saturated heterocycles. The van der Waals surface area contributed by atoms with Gasteiger partial charge in [0, 0.05) is 27.3 Å². The Morgan fingerprint density at radius 1 is 0.905 bits per heavy atom. The second kappa shape index (κ2) is 10.0. The van der Waals surface area contributed by atoms with Crippen LogP contribution in [-0.4, -0.2) is 79.1 Å². The van der Waals surface area contributed by atoms with Crippen LogP contribution in [0, 0.1) is 0 Å². The van der Waals surface area contributed by atoms with Crippen molar-refractivity contribution in [3.05, 3.63) is 0 Å². The maximum atomic E-state index is 8.85. The van der Waals surface area contributed by atoms with Crippen molar-refractivity contribution in [2.75, 3.05) is 69.5 Å². The Balaban J connectivity index is 2.96. The van der Waals surface area contributed by atoms with E-state index < -0.39 is 0 Å². The third-order valence-corrected chi connectivity index (χ3v) is 2.27. The van der Waals surface area contributed by atoms with Crippen molar-refractivity contribution < 1.29 is 19.7 Å². The van der Waals surface area contributed by atoms with Crippen LogP contribution in [0.5, 0.6) is 0 Å². The van der Waals surface area contributed by atoms with E-state index in [0.29, 0.717) is 30.9 Å². The molecular weight excluding hydrogens is 280 g/mol. The molecule has 1 rings (SSSR count). The first-order valence-corrected chi connectivity index (χ1v) is 6.43. The highest BCUT2D eigenvalue weighted by Gasteiger charge is 2.13. The van der Waals surface area contributed by atoms with E-state index >= 15 is 0 Å². The second-order valence-electron chi connectivity index (χ2n) is 3.96. The van der Waals surface area contributed by atoms with Gasteiger partial charge in [0.15, 0.2) is 0 Å². The maximum absolute atomic E-state index is 8.85. The third-order valence-electron chi connectivity index (χ3n) is 2.27. The summed E-state index contributed by atoms with van der Waals surface area (Å²) >= 11 is 0. The van der Waals surface area contributed by atoms with Crippen LogP contribution < -0.4 is 15.5 Å². The minimum atomic E-state index is -0.0414. The van der Waals surface area contributed by atoms with Gasteiger partial charge in [0.25, 0.3) is 0 Å². The summed E-state index contributed by atoms with van der Waals surface area (Å²) in [6.45, 7) is 1.04. The molecular formula is C11H22N6O4. The van der Waals surface area contributed by atoms with Crippen molar-refractivity contribution >= 4 is 17.8 Å². The molecule has 0 fully saturated rings. The molecule has 0 aliphatic carbocycles. The summed E-state index contributed by atoms with van der Waals surface area (Å²) in [4.78, 5) is 14.3. The lowest BCUT2D eigenvalue weighted by atomic mass is 10.6. The van der Waals surface area contributed by atoms with Crippen molar-refractivity contribution in [2.45, 2.75) is 0 Å². The average Bonchev–Trinajstić information content (AvgIpc) is 2.50. The predicted octanol–water partition coefficient (Wildman–Crippen LogP) is -1.31. The van der Waals surface area contributed by atoms with E-state index in [1.165, 1.54) is 0 Å². The number of aliphatic hydroxyl groups excluding tert-OH is 2. The van der Waals surface area contributed by atoms with E-state index in [0.717, 1.165) is 0 Å². The summed E-state index contributed by atoms with van der Waals surface area (Å²) in [6, 6.07) is 0. The van der Waals surface area contributed by atoms with Gasteiger partial charge < -0.3 is 30.3 Å². The van der Waals surface area contributed by atoms with Gasteiger partial charge in [-0.15, -0.1) is 0 Å². The number of nitrogens with zero attached hydrogens (tertiary/aromatic N) is 4. The van der Waals surface area contributed by atoms with Gasteiger partial charge in [0.2, 0.25) is 17.8 Å². The van der Waals surface area contributed by atoms with Gasteiger partial charge in [-0.2, -0.15) is 15.0 Å². The number of methoxy groups -OCH3 is 2. The van der Waals surface area contributed by atoms with Crippen LogP contribution in [0.1, 0.15) is 0 Å². The molecule has 0 aliphatic rings. The van der Waals surface area contributed by atoms with E-state index in [4.69, 9.17) is 19.7 Å². The molecule has 1 aromatic heterocycles. The molecule has 120 valence electrons. The van der Waals surface area contributed by atoms with Crippen LogP contribution >= 0.6 is 0 Å². The monoisotopic (exact) mass is 302 g/mol. The maximum Gasteiger partial charge on any atom is 0.235 e. The first kappa shape index (κ1) is 17.3. The number of ether oxygens (including phenoxy) is 2. The zero-order valence-corrected chi connectivity index (χ0v) is 12.2. The highest BCUT2D eigenvalue weighted by atomic mass is 16.5. The first-order chi connectivity index (χ1) is 10.2. The van der Waals surface area contributed by atoms with Gasteiger partial charge in [-0.05, 0) is 0 Å². The van der Waals surface area contributed by atoms with Gasteiger partial charge >= 0.3 is 0 Å². The highest BCUT2D eigenvalue weighted by molar-refractivity contribution is 5.43. The van der Waals surface area contributed by atoms with Crippen LogP contribution in [0.2, 0.25) is 0 Å². The Bertz CT molecular complexity index is 376. The lowest BCUT2D eigenvalue weighted by Gasteiger charge is -2.21. The number of aromatic nitrogens is 3. The summed E-state index contributed by atoms with van der Waals surface area (Å²) in [6.07, 6.45) is 0. The molecule has 21 heavy (non-hydrogen) atoms. The standard InChI is InChI=1S/C11H22N6O4/c1-20-7-17(8-21-2)11-15-9(12-3-5-18)14-10(16-11)13-4-6-19/h18-19H,3-8H2,1-2H3,(H2,12,13,14,15,16). The van der Waals surface area contributed by atoms with Crippen LogP contribution in [0.4, 0.5) is 17.8 Å². The minimum absolute atomic E-state index is 0.0414. The highest BCUT2D eigenvalue weighted by Crippen LogP contribution is 2.13. The summed E-state index contributed by atoms with van der Waals surface area (Å²) in [5.41, 5.74) is 0. The molecule has 0 bridgehead atoms. The summed E-state index contributed by atoms with van der Waals surface area (Å²) in [5, 5.41) is 23.4. The van der Waals surface area contributed by atoms with Gasteiger partial charge in [-0.1, -0.05) is 0 Å². The summed E-state index contributed by atoms with van der Waals surface area (Å²) in [7, 11) is 3.11. The normalized spacial score (nSPS) is 10.5. The molecule has 1 heterocycles. The number of rotatable bonds is 11. The number of aliphatic hydroxyl groups is 2. The molecule has 0 amide bonds. The number of hydrogen-bond donors (Lipinski definition) is 4. The van der Waals surface area contributed by atoms with Crippen LogP contribution in [0.3, 0.4) is 0 Å². The summed E-state index contributed by atoms with van der Waals surface area (Å²) < 4.78 is 10.2. The lowest BCUT2D eigenvalue weighted by Crippen LogP contribution is -2.30. The smallest absolute Gasteiger partial charge is 0.235 e. The Morgan fingerprint density at radius 2 is 1.38 bits per heavy atom. The fourth-order valence-electron chi connectivity index (χ4n) is 1.46. The van der Waals surface area contributed by atoms with Gasteiger partial charge in [-0.3, -0.25) is 4.90 Å². The molecule has 0 aromatic carbocycles. The Labute approximate surface area is 123 Å². The second-order valence-corrected chi connectivity index (χ2v) is 3.96. The first-order valence-electron chi connectivity index (χ1n) is 6.43. The molecule has 10 nitrogen and oxygen atoms in total. The van der Waals surface area contributed by atoms with Crippen LogP contribution in [0.15, 0.2) is 0 Å². The zero-order valence-electron chi connectivity index (χ0n) is 12.2. The van der Waals surface area contributed by atoms with E-state index in [2.05, 4.69) is 25.6 Å². The molecule has 0 spiro atoms. The SMILES string of the molecule is COCN(COC)c1nc(NCCO)nc(NCCO)n1. The molecule has 0 radical (unpaired) electrons. The van der Waals surface area contributed by atoms with Gasteiger partial charge in [0.1, 0.15) is 13.5 Å². The number of hydrogen-bond acceptors (Lipinski definition) is 10. The Kier molecular flexibility index (Phi) is 8.28. The van der Waals surface area contributed by atoms with E-state index in [1.807, 2.05) is 0 Å². The van der Waals surface area contributed by atoms with Crippen molar-refractivity contribution in [3.8, 4) is 0 Å². The molecule has 1 aromatic rings. The zero-order chi connectivity index (χ0) is 15.5. The molecule has 0 atom stereocenters. The number of anilines is 3. The van der Waals surface area contributed by atoms with E-state index in [1.54, 1.807) is 19.1 Å². The molecule has 10 heteroatoms. The fourth-order valence-corrected chi connectivity index (χ4v) is 1.46. The predicted molar refractivity (Wildman–Crippen MR) is 77.2 cm³/mol. The van der Waals surface area contributed by atoms with Crippen molar-refractivity contribution in [1.82, 2.24) is 15.0 Å². The average molecular weight is 302 g/mol. The molecule has 0 unspecified atom stereocenters. The van der Waals surface area contributed by atoms with E-state index in [9.17, 15) is 0 Å². The van der Waals surface area contributed by atoms with Gasteiger partial charge in [-0.25, -0.2) is 0 Å². The topological polar surface area (TPSA) is 125 Å². The lowest BCUT2D eigenvalue weighted by molar-refractivity contribution is 0.139. The van der Waals surface area contributed by atoms with Crippen LogP contribution in [0.25, 0.3) is 0 Å².